The molecule has 2 heterocycles. The second-order valence-electron chi connectivity index (χ2n) is 7.43. The Bertz CT molecular complexity index is 958. The van der Waals surface area contributed by atoms with Gasteiger partial charge in [-0.25, -0.2) is 4.98 Å². The predicted octanol–water partition coefficient (Wildman–Crippen LogP) is 3.86. The summed E-state index contributed by atoms with van der Waals surface area (Å²) < 4.78 is 0. The number of nitriles is 2. The van der Waals surface area contributed by atoms with Gasteiger partial charge in [-0.15, -0.1) is 11.8 Å². The van der Waals surface area contributed by atoms with Crippen molar-refractivity contribution >= 4 is 23.3 Å². The maximum atomic E-state index is 9.90. The zero-order valence-electron chi connectivity index (χ0n) is 17.9. The number of benzene rings is 1. The number of thioether (sulfide) groups is 1. The van der Waals surface area contributed by atoms with Crippen molar-refractivity contribution in [3.8, 4) is 12.1 Å². The van der Waals surface area contributed by atoms with Crippen LogP contribution in [0.15, 0.2) is 29.3 Å². The van der Waals surface area contributed by atoms with Gasteiger partial charge in [-0.3, -0.25) is 0 Å². The lowest BCUT2D eigenvalue weighted by Crippen LogP contribution is -2.30. The molecule has 0 spiro atoms. The number of pyridine rings is 1. The number of likely N-dealkylation sites (N-methyl/N-ethyl adjacent to an activating group) is 1. The van der Waals surface area contributed by atoms with Crippen molar-refractivity contribution in [3.05, 3.63) is 46.5 Å². The fourth-order valence-electron chi connectivity index (χ4n) is 3.69. The van der Waals surface area contributed by atoms with E-state index in [0.29, 0.717) is 17.5 Å². The number of nitrogens with zero attached hydrogens (tertiary/aromatic N) is 5. The molecule has 1 aromatic heterocycles. The van der Waals surface area contributed by atoms with E-state index in [2.05, 4.69) is 46.4 Å². The van der Waals surface area contributed by atoms with Crippen molar-refractivity contribution in [1.29, 1.82) is 10.5 Å². The third-order valence-electron chi connectivity index (χ3n) is 5.46. The Hall–Kier alpha value is -2.74. The van der Waals surface area contributed by atoms with Gasteiger partial charge in [0.1, 0.15) is 23.0 Å². The molecule has 7 heteroatoms. The van der Waals surface area contributed by atoms with Crippen molar-refractivity contribution in [2.24, 2.45) is 0 Å². The van der Waals surface area contributed by atoms with Crippen molar-refractivity contribution in [2.45, 2.75) is 30.5 Å². The SMILES string of the molecule is CCc1c(C#N)c(SCc2ccc(NC)cc2)nc(N2CCCN(C)CC2)c1C#N. The molecule has 0 amide bonds. The third-order valence-corrected chi connectivity index (χ3v) is 6.51. The molecule has 6 nitrogen and oxygen atoms in total. The van der Waals surface area contributed by atoms with Crippen LogP contribution < -0.4 is 10.2 Å². The lowest BCUT2D eigenvalue weighted by molar-refractivity contribution is 0.360. The summed E-state index contributed by atoms with van der Waals surface area (Å²) in [4.78, 5) is 9.40. The topological polar surface area (TPSA) is 79.0 Å². The lowest BCUT2D eigenvalue weighted by Gasteiger charge is -2.25. The van der Waals surface area contributed by atoms with E-state index < -0.39 is 0 Å². The van der Waals surface area contributed by atoms with Crippen LogP contribution in [0, 0.1) is 22.7 Å². The van der Waals surface area contributed by atoms with Crippen LogP contribution in [0.4, 0.5) is 11.5 Å². The lowest BCUT2D eigenvalue weighted by atomic mass is 10.0. The average Bonchev–Trinajstić information content (AvgIpc) is 3.00. The van der Waals surface area contributed by atoms with E-state index in [-0.39, 0.29) is 0 Å². The van der Waals surface area contributed by atoms with Gasteiger partial charge in [-0.1, -0.05) is 19.1 Å². The van der Waals surface area contributed by atoms with Gasteiger partial charge in [-0.05, 0) is 49.7 Å². The Morgan fingerprint density at radius 3 is 2.43 bits per heavy atom. The Kier molecular flexibility index (Phi) is 7.57. The van der Waals surface area contributed by atoms with Gasteiger partial charge in [0.15, 0.2) is 0 Å². The second kappa shape index (κ2) is 10.3. The van der Waals surface area contributed by atoms with Gasteiger partial charge in [0.2, 0.25) is 0 Å². The van der Waals surface area contributed by atoms with Crippen molar-refractivity contribution < 1.29 is 0 Å². The summed E-state index contributed by atoms with van der Waals surface area (Å²) in [7, 11) is 4.02. The normalized spacial score (nSPS) is 14.6. The van der Waals surface area contributed by atoms with Crippen LogP contribution in [0.2, 0.25) is 0 Å². The molecule has 0 aliphatic carbocycles. The largest absolute Gasteiger partial charge is 0.388 e. The third kappa shape index (κ3) is 4.87. The average molecular weight is 421 g/mol. The number of aromatic nitrogens is 1. The van der Waals surface area contributed by atoms with E-state index >= 15 is 0 Å². The molecule has 1 fully saturated rings. The van der Waals surface area contributed by atoms with Gasteiger partial charge in [0.25, 0.3) is 0 Å². The maximum Gasteiger partial charge on any atom is 0.148 e. The predicted molar refractivity (Wildman–Crippen MR) is 123 cm³/mol. The monoisotopic (exact) mass is 420 g/mol. The minimum absolute atomic E-state index is 0.543. The minimum atomic E-state index is 0.543. The summed E-state index contributed by atoms with van der Waals surface area (Å²) in [6.45, 7) is 5.69. The van der Waals surface area contributed by atoms with Crippen molar-refractivity contribution in [3.63, 3.8) is 0 Å². The molecule has 156 valence electrons. The molecule has 0 radical (unpaired) electrons. The zero-order valence-corrected chi connectivity index (χ0v) is 18.7. The van der Waals surface area contributed by atoms with Crippen LogP contribution in [0.3, 0.4) is 0 Å². The Morgan fingerprint density at radius 2 is 1.80 bits per heavy atom. The van der Waals surface area contributed by atoms with Crippen LogP contribution in [0.5, 0.6) is 0 Å². The molecule has 2 aromatic rings. The number of anilines is 2. The van der Waals surface area contributed by atoms with E-state index in [1.165, 1.54) is 5.56 Å². The highest BCUT2D eigenvalue weighted by atomic mass is 32.2. The minimum Gasteiger partial charge on any atom is -0.388 e. The highest BCUT2D eigenvalue weighted by Gasteiger charge is 2.24. The highest BCUT2D eigenvalue weighted by Crippen LogP contribution is 2.33. The first kappa shape index (κ1) is 22.0. The fourth-order valence-corrected chi connectivity index (χ4v) is 4.65. The number of hydrogen-bond acceptors (Lipinski definition) is 7. The Balaban J connectivity index is 1.96. The van der Waals surface area contributed by atoms with E-state index in [1.54, 1.807) is 11.8 Å². The van der Waals surface area contributed by atoms with Crippen LogP contribution in [0.25, 0.3) is 0 Å². The first-order valence-electron chi connectivity index (χ1n) is 10.3. The summed E-state index contributed by atoms with van der Waals surface area (Å²) in [5, 5.41) is 23.6. The summed E-state index contributed by atoms with van der Waals surface area (Å²) in [6.07, 6.45) is 1.67. The molecule has 0 atom stereocenters. The molecule has 1 N–H and O–H groups in total. The summed E-state index contributed by atoms with van der Waals surface area (Å²) in [5.74, 6) is 1.46. The van der Waals surface area contributed by atoms with Crippen LogP contribution in [0.1, 0.15) is 35.6 Å². The molecule has 1 aromatic carbocycles. The van der Waals surface area contributed by atoms with E-state index in [0.717, 1.165) is 60.4 Å². The molecule has 1 aliphatic heterocycles. The molecule has 0 unspecified atom stereocenters. The molecular formula is C23H28N6S. The zero-order chi connectivity index (χ0) is 21.5. The fraction of sp³-hybridized carbons (Fsp3) is 0.435. The Morgan fingerprint density at radius 1 is 1.07 bits per heavy atom. The van der Waals surface area contributed by atoms with Crippen molar-refractivity contribution in [1.82, 2.24) is 9.88 Å². The van der Waals surface area contributed by atoms with E-state index in [1.807, 2.05) is 26.1 Å². The maximum absolute atomic E-state index is 9.90. The first-order valence-corrected chi connectivity index (χ1v) is 11.3. The molecular weight excluding hydrogens is 392 g/mol. The van der Waals surface area contributed by atoms with E-state index in [4.69, 9.17) is 4.98 Å². The van der Waals surface area contributed by atoms with Gasteiger partial charge < -0.3 is 15.1 Å². The quantitative estimate of drug-likeness (QED) is 0.711. The summed E-state index contributed by atoms with van der Waals surface area (Å²) in [6, 6.07) is 12.9. The van der Waals surface area contributed by atoms with Crippen molar-refractivity contribution in [2.75, 3.05) is 50.5 Å². The van der Waals surface area contributed by atoms with Gasteiger partial charge in [0.05, 0.1) is 11.1 Å². The summed E-state index contributed by atoms with van der Waals surface area (Å²) >= 11 is 1.57. The first-order chi connectivity index (χ1) is 14.6. The molecule has 1 aliphatic rings. The molecule has 30 heavy (non-hydrogen) atoms. The number of hydrogen-bond donors (Lipinski definition) is 1. The Labute approximate surface area is 183 Å². The number of rotatable bonds is 6. The molecule has 0 saturated carbocycles. The van der Waals surface area contributed by atoms with Gasteiger partial charge >= 0.3 is 0 Å². The highest BCUT2D eigenvalue weighted by molar-refractivity contribution is 7.98. The van der Waals surface area contributed by atoms with Gasteiger partial charge in [-0.2, -0.15) is 10.5 Å². The molecule has 3 rings (SSSR count). The molecule has 1 saturated heterocycles. The second-order valence-corrected chi connectivity index (χ2v) is 8.39. The number of nitrogens with one attached hydrogen (secondary N) is 1. The standard InChI is InChI=1S/C23H28N6S/c1-4-19-20(14-24)22(29-11-5-10-28(3)12-13-29)27-23(21(19)15-25)30-16-17-6-8-18(26-2)9-7-17/h6-9,26H,4-5,10-13,16H2,1-3H3. The van der Waals surface area contributed by atoms with Crippen LogP contribution >= 0.6 is 11.8 Å². The van der Waals surface area contributed by atoms with Crippen LogP contribution in [-0.2, 0) is 12.2 Å². The smallest absolute Gasteiger partial charge is 0.148 e. The van der Waals surface area contributed by atoms with Gasteiger partial charge in [0, 0.05) is 38.1 Å². The molecule has 0 bridgehead atoms. The van der Waals surface area contributed by atoms with Crippen LogP contribution in [-0.4, -0.2) is 50.2 Å². The summed E-state index contributed by atoms with van der Waals surface area (Å²) in [5.41, 5.74) is 4.16. The van der Waals surface area contributed by atoms with E-state index in [9.17, 15) is 10.5 Å².